The van der Waals surface area contributed by atoms with Gasteiger partial charge in [0.15, 0.2) is 0 Å². The number of fused-ring (bicyclic) bond motifs is 1. The van der Waals surface area contributed by atoms with Crippen molar-refractivity contribution in [2.75, 3.05) is 13.7 Å². The van der Waals surface area contributed by atoms with Crippen molar-refractivity contribution < 1.29 is 9.53 Å². The Bertz CT molecular complexity index is 919. The molecule has 0 atom stereocenters. The third kappa shape index (κ3) is 4.55. The number of rotatable bonds is 6. The fraction of sp³-hybridized carbons (Fsp3) is 0.158. The Morgan fingerprint density at radius 2 is 2.08 bits per heavy atom. The first-order valence-corrected chi connectivity index (χ1v) is 8.50. The summed E-state index contributed by atoms with van der Waals surface area (Å²) in [5.74, 6) is 0.764. The van der Waals surface area contributed by atoms with Gasteiger partial charge in [0.1, 0.15) is 5.75 Å². The highest BCUT2D eigenvalue weighted by atomic mass is 35.5. The molecule has 0 saturated carbocycles. The van der Waals surface area contributed by atoms with E-state index in [0.717, 1.165) is 34.2 Å². The van der Waals surface area contributed by atoms with E-state index in [9.17, 15) is 4.79 Å². The highest BCUT2D eigenvalue weighted by molar-refractivity contribution is 6.30. The molecule has 2 aromatic carbocycles. The Morgan fingerprint density at radius 1 is 1.27 bits per heavy atom. The molecule has 0 aliphatic heterocycles. The van der Waals surface area contributed by atoms with Gasteiger partial charge in [-0.15, -0.1) is 0 Å². The van der Waals surface area contributed by atoms with E-state index in [0.29, 0.717) is 11.6 Å². The standard InChI is InChI=1S/C19H19ClN4O2/c1-26-16-6-7-18-17(10-16)14(11-22-18)12-23-24-19(25)21-9-8-13-2-4-15(20)5-3-13/h2-7,10-12,22H,8-9H2,1H3,(H2,21,24,25)/b23-12+. The second-order valence-electron chi connectivity index (χ2n) is 5.66. The van der Waals surface area contributed by atoms with Crippen LogP contribution in [0.15, 0.2) is 53.8 Å². The molecule has 134 valence electrons. The molecule has 1 heterocycles. The van der Waals surface area contributed by atoms with E-state index in [-0.39, 0.29) is 6.03 Å². The molecule has 3 N–H and O–H groups in total. The van der Waals surface area contributed by atoms with Crippen LogP contribution in [0.25, 0.3) is 10.9 Å². The maximum Gasteiger partial charge on any atom is 0.335 e. The van der Waals surface area contributed by atoms with Gasteiger partial charge in [-0.3, -0.25) is 0 Å². The third-order valence-corrected chi connectivity index (χ3v) is 4.16. The largest absolute Gasteiger partial charge is 0.497 e. The Labute approximate surface area is 156 Å². The number of aromatic amines is 1. The van der Waals surface area contributed by atoms with Crippen molar-refractivity contribution in [2.45, 2.75) is 6.42 Å². The van der Waals surface area contributed by atoms with Crippen LogP contribution in [0.2, 0.25) is 5.02 Å². The second kappa shape index (κ2) is 8.40. The fourth-order valence-electron chi connectivity index (χ4n) is 2.53. The Kier molecular flexibility index (Phi) is 5.76. The average molecular weight is 371 g/mol. The highest BCUT2D eigenvalue weighted by Gasteiger charge is 2.04. The molecule has 6 nitrogen and oxygen atoms in total. The lowest BCUT2D eigenvalue weighted by atomic mass is 10.1. The number of hydrazone groups is 1. The van der Waals surface area contributed by atoms with Gasteiger partial charge in [-0.1, -0.05) is 23.7 Å². The average Bonchev–Trinajstić information content (AvgIpc) is 3.05. The van der Waals surface area contributed by atoms with Crippen LogP contribution in [0.4, 0.5) is 4.79 Å². The molecule has 0 fully saturated rings. The van der Waals surface area contributed by atoms with Gasteiger partial charge < -0.3 is 15.0 Å². The van der Waals surface area contributed by atoms with Crippen LogP contribution in [-0.4, -0.2) is 30.9 Å². The minimum absolute atomic E-state index is 0.354. The number of H-pyrrole nitrogens is 1. The lowest BCUT2D eigenvalue weighted by molar-refractivity contribution is 0.241. The molecule has 3 aromatic rings. The lowest BCUT2D eigenvalue weighted by Gasteiger charge is -2.04. The van der Waals surface area contributed by atoms with E-state index in [1.54, 1.807) is 13.3 Å². The molecule has 2 amide bonds. The van der Waals surface area contributed by atoms with E-state index in [1.807, 2.05) is 48.7 Å². The zero-order valence-corrected chi connectivity index (χ0v) is 15.0. The minimum atomic E-state index is -0.354. The smallest absolute Gasteiger partial charge is 0.335 e. The van der Waals surface area contributed by atoms with Gasteiger partial charge in [-0.05, 0) is 42.3 Å². The van der Waals surface area contributed by atoms with E-state index in [4.69, 9.17) is 16.3 Å². The summed E-state index contributed by atoms with van der Waals surface area (Å²) in [6.07, 6.45) is 4.14. The van der Waals surface area contributed by atoms with Crippen LogP contribution in [0, 0.1) is 0 Å². The molecular formula is C19H19ClN4O2. The number of halogens is 1. The van der Waals surface area contributed by atoms with E-state index >= 15 is 0 Å². The van der Waals surface area contributed by atoms with Crippen LogP contribution >= 0.6 is 11.6 Å². The number of methoxy groups -OCH3 is 1. The summed E-state index contributed by atoms with van der Waals surface area (Å²) in [4.78, 5) is 14.9. The van der Waals surface area contributed by atoms with Crippen LogP contribution in [0.3, 0.4) is 0 Å². The number of benzene rings is 2. The first kappa shape index (κ1) is 17.8. The Morgan fingerprint density at radius 3 is 2.85 bits per heavy atom. The van der Waals surface area contributed by atoms with Gasteiger partial charge in [-0.25, -0.2) is 10.2 Å². The number of urea groups is 1. The molecule has 26 heavy (non-hydrogen) atoms. The molecule has 1 aromatic heterocycles. The summed E-state index contributed by atoms with van der Waals surface area (Å²) in [6.45, 7) is 0.507. The SMILES string of the molecule is COc1ccc2[nH]cc(/C=N/NC(=O)NCCc3ccc(Cl)cc3)c2c1. The van der Waals surface area contributed by atoms with Crippen molar-refractivity contribution in [1.82, 2.24) is 15.7 Å². The summed E-state index contributed by atoms with van der Waals surface area (Å²) < 4.78 is 5.23. The number of nitrogens with one attached hydrogen (secondary N) is 3. The first-order valence-electron chi connectivity index (χ1n) is 8.12. The molecule has 0 bridgehead atoms. The van der Waals surface area contributed by atoms with Gasteiger partial charge >= 0.3 is 6.03 Å². The van der Waals surface area contributed by atoms with Crippen molar-refractivity contribution in [3.8, 4) is 5.75 Å². The quantitative estimate of drug-likeness (QED) is 0.457. The normalized spacial score (nSPS) is 11.0. The fourth-order valence-corrected chi connectivity index (χ4v) is 2.65. The van der Waals surface area contributed by atoms with Crippen molar-refractivity contribution >= 4 is 34.7 Å². The number of hydrogen-bond acceptors (Lipinski definition) is 3. The predicted molar refractivity (Wildman–Crippen MR) is 104 cm³/mol. The van der Waals surface area contributed by atoms with Crippen molar-refractivity contribution in [1.29, 1.82) is 0 Å². The minimum Gasteiger partial charge on any atom is -0.497 e. The van der Waals surface area contributed by atoms with Crippen LogP contribution in [0.1, 0.15) is 11.1 Å². The number of aromatic nitrogens is 1. The van der Waals surface area contributed by atoms with Gasteiger partial charge in [0.05, 0.1) is 13.3 Å². The maximum atomic E-state index is 11.8. The van der Waals surface area contributed by atoms with Crippen molar-refractivity contribution in [2.24, 2.45) is 5.10 Å². The van der Waals surface area contributed by atoms with Crippen molar-refractivity contribution in [3.63, 3.8) is 0 Å². The van der Waals surface area contributed by atoms with E-state index in [1.165, 1.54) is 0 Å². The zero-order chi connectivity index (χ0) is 18.4. The highest BCUT2D eigenvalue weighted by Crippen LogP contribution is 2.22. The van der Waals surface area contributed by atoms with E-state index < -0.39 is 0 Å². The summed E-state index contributed by atoms with van der Waals surface area (Å²) in [5.41, 5.74) is 5.40. The lowest BCUT2D eigenvalue weighted by Crippen LogP contribution is -2.33. The third-order valence-electron chi connectivity index (χ3n) is 3.90. The van der Waals surface area contributed by atoms with Crippen molar-refractivity contribution in [3.05, 3.63) is 64.8 Å². The first-order chi connectivity index (χ1) is 12.7. The van der Waals surface area contributed by atoms with Gasteiger partial charge in [0.25, 0.3) is 0 Å². The summed E-state index contributed by atoms with van der Waals surface area (Å²) in [5, 5.41) is 8.42. The second-order valence-corrected chi connectivity index (χ2v) is 6.09. The van der Waals surface area contributed by atoms with E-state index in [2.05, 4.69) is 20.8 Å². The zero-order valence-electron chi connectivity index (χ0n) is 14.3. The molecule has 0 spiro atoms. The van der Waals surface area contributed by atoms with Gasteiger partial charge in [-0.2, -0.15) is 5.10 Å². The molecule has 0 radical (unpaired) electrons. The summed E-state index contributed by atoms with van der Waals surface area (Å²) in [6, 6.07) is 12.9. The monoisotopic (exact) mass is 370 g/mol. The number of amides is 2. The Balaban J connectivity index is 1.50. The number of nitrogens with zero attached hydrogens (tertiary/aromatic N) is 1. The van der Waals surface area contributed by atoms with Crippen LogP contribution in [-0.2, 0) is 6.42 Å². The van der Waals surface area contributed by atoms with Gasteiger partial charge in [0.2, 0.25) is 0 Å². The molecule has 0 unspecified atom stereocenters. The van der Waals surface area contributed by atoms with Crippen LogP contribution in [0.5, 0.6) is 5.75 Å². The van der Waals surface area contributed by atoms with Gasteiger partial charge in [0, 0.05) is 34.2 Å². The molecule has 0 saturated heterocycles. The van der Waals surface area contributed by atoms with Crippen LogP contribution < -0.4 is 15.5 Å². The molecule has 0 aliphatic rings. The topological polar surface area (TPSA) is 78.5 Å². The molecular weight excluding hydrogens is 352 g/mol. The maximum absolute atomic E-state index is 11.8. The number of ether oxygens (including phenoxy) is 1. The molecule has 0 aliphatic carbocycles. The number of carbonyl (C=O) groups is 1. The Hall–Kier alpha value is -2.99. The summed E-state index contributed by atoms with van der Waals surface area (Å²) >= 11 is 5.84. The predicted octanol–water partition coefficient (Wildman–Crippen LogP) is 3.71. The number of hydrogen-bond donors (Lipinski definition) is 3. The summed E-state index contributed by atoms with van der Waals surface area (Å²) in [7, 11) is 1.62. The molecule has 3 rings (SSSR count). The number of carbonyl (C=O) groups excluding carboxylic acids is 1. The molecule has 7 heteroatoms.